The van der Waals surface area contributed by atoms with Gasteiger partial charge in [0, 0.05) is 0 Å². The maximum Gasteiger partial charge on any atom is 0.293 e. The highest BCUT2D eigenvalue weighted by atomic mass is 35.5. The maximum atomic E-state index is 6.39. The zero-order chi connectivity index (χ0) is 16.9. The van der Waals surface area contributed by atoms with Gasteiger partial charge in [-0.1, -0.05) is 30.1 Å². The molecule has 2 N–H and O–H groups in total. The number of thiazole rings is 1. The van der Waals surface area contributed by atoms with Gasteiger partial charge < -0.3 is 14.7 Å². The van der Waals surface area contributed by atoms with Crippen LogP contribution < -0.4 is 5.73 Å². The Hall–Kier alpha value is -2.22. The first-order valence-corrected chi connectivity index (χ1v) is 9.12. The lowest BCUT2D eigenvalue weighted by Gasteiger charge is -2.17. The Morgan fingerprint density at radius 2 is 1.77 bits per heavy atom. The quantitative estimate of drug-likeness (QED) is 0.544. The van der Waals surface area contributed by atoms with Crippen molar-refractivity contribution < 1.29 is 8.94 Å². The number of nitrogens with two attached hydrogens (primary N) is 1. The van der Waals surface area contributed by atoms with Crippen LogP contribution in [0.25, 0.3) is 32.6 Å². The van der Waals surface area contributed by atoms with Crippen LogP contribution in [0.2, 0.25) is 0 Å². The largest absolute Gasteiger partial charge is 0.448 e. The van der Waals surface area contributed by atoms with Crippen molar-refractivity contribution in [3.8, 4) is 22.4 Å². The standard InChI is InChI=1S/C18H16N4O2S.ClH/c19-18(9-3-4-10-18)17-21-15(24-22-17)12-7-8-13(23-12)16-20-11-5-1-2-6-14(11)25-16;/h1-2,5-8H,3-4,9-10,19H2;1H. The molecule has 0 unspecified atom stereocenters. The summed E-state index contributed by atoms with van der Waals surface area (Å²) in [4.78, 5) is 9.08. The molecule has 0 radical (unpaired) electrons. The smallest absolute Gasteiger partial charge is 0.293 e. The Balaban J connectivity index is 0.00000168. The van der Waals surface area contributed by atoms with Crippen LogP contribution in [0, 0.1) is 0 Å². The Morgan fingerprint density at radius 3 is 2.58 bits per heavy atom. The minimum atomic E-state index is -0.468. The van der Waals surface area contributed by atoms with Crippen LogP contribution in [0.1, 0.15) is 31.5 Å². The molecule has 0 spiro atoms. The SMILES string of the molecule is Cl.NC1(c2noc(-c3ccc(-c4nc5ccccc5s4)o3)n2)CCCC1. The fourth-order valence-corrected chi connectivity index (χ4v) is 4.23. The first kappa shape index (κ1) is 17.2. The van der Waals surface area contributed by atoms with Crippen molar-refractivity contribution >= 4 is 34.0 Å². The topological polar surface area (TPSA) is 91.0 Å². The first-order chi connectivity index (χ1) is 12.2. The van der Waals surface area contributed by atoms with Crippen LogP contribution in [0.3, 0.4) is 0 Å². The third-order valence-corrected chi connectivity index (χ3v) is 5.74. The molecule has 134 valence electrons. The summed E-state index contributed by atoms with van der Waals surface area (Å²) in [6.45, 7) is 0. The van der Waals surface area contributed by atoms with Crippen molar-refractivity contribution in [1.29, 1.82) is 0 Å². The lowest BCUT2D eigenvalue weighted by atomic mass is 9.99. The average Bonchev–Trinajstić information content (AvgIpc) is 3.38. The first-order valence-electron chi connectivity index (χ1n) is 8.31. The minimum absolute atomic E-state index is 0. The van der Waals surface area contributed by atoms with Crippen LogP contribution >= 0.6 is 23.7 Å². The number of benzene rings is 1. The molecule has 1 fully saturated rings. The Kier molecular flexibility index (Phi) is 4.30. The zero-order valence-corrected chi connectivity index (χ0v) is 15.5. The Bertz CT molecular complexity index is 1020. The molecular formula is C18H17ClN4O2S. The highest BCUT2D eigenvalue weighted by Crippen LogP contribution is 2.37. The molecule has 0 atom stereocenters. The van der Waals surface area contributed by atoms with Crippen LogP contribution in [0.5, 0.6) is 0 Å². The van der Waals surface area contributed by atoms with Crippen LogP contribution in [0.15, 0.2) is 45.3 Å². The summed E-state index contributed by atoms with van der Waals surface area (Å²) in [5, 5.41) is 4.91. The molecule has 1 aromatic carbocycles. The van der Waals surface area contributed by atoms with E-state index in [1.807, 2.05) is 36.4 Å². The van der Waals surface area contributed by atoms with Crippen molar-refractivity contribution in [3.05, 3.63) is 42.2 Å². The highest BCUT2D eigenvalue weighted by molar-refractivity contribution is 7.21. The van der Waals surface area contributed by atoms with E-state index in [0.717, 1.165) is 40.9 Å². The molecule has 0 amide bonds. The molecule has 1 aliphatic carbocycles. The Morgan fingerprint density at radius 1 is 1.00 bits per heavy atom. The molecule has 0 bridgehead atoms. The number of halogens is 1. The van der Waals surface area contributed by atoms with Gasteiger partial charge in [0.1, 0.15) is 0 Å². The molecule has 4 aromatic rings. The van der Waals surface area contributed by atoms with E-state index < -0.39 is 5.54 Å². The van der Waals surface area contributed by atoms with Gasteiger partial charge in [-0.05, 0) is 37.1 Å². The zero-order valence-electron chi connectivity index (χ0n) is 13.8. The summed E-state index contributed by atoms with van der Waals surface area (Å²) in [5.41, 5.74) is 6.88. The summed E-state index contributed by atoms with van der Waals surface area (Å²) >= 11 is 1.59. The molecule has 1 saturated carbocycles. The molecule has 5 rings (SSSR count). The predicted octanol–water partition coefficient (Wildman–Crippen LogP) is 4.76. The Labute approximate surface area is 159 Å². The van der Waals surface area contributed by atoms with Crippen LogP contribution in [-0.2, 0) is 5.54 Å². The van der Waals surface area contributed by atoms with Crippen molar-refractivity contribution in [3.63, 3.8) is 0 Å². The summed E-state index contributed by atoms with van der Waals surface area (Å²) in [6, 6.07) is 11.7. The summed E-state index contributed by atoms with van der Waals surface area (Å²) in [6.07, 6.45) is 3.98. The number of fused-ring (bicyclic) bond motifs is 1. The number of hydrogen-bond acceptors (Lipinski definition) is 7. The van der Waals surface area contributed by atoms with Gasteiger partial charge in [0.2, 0.25) is 0 Å². The van der Waals surface area contributed by atoms with E-state index in [1.165, 1.54) is 0 Å². The third kappa shape index (κ3) is 2.82. The van der Waals surface area contributed by atoms with E-state index in [-0.39, 0.29) is 12.4 Å². The lowest BCUT2D eigenvalue weighted by molar-refractivity contribution is 0.368. The monoisotopic (exact) mass is 388 g/mol. The predicted molar refractivity (Wildman–Crippen MR) is 102 cm³/mol. The third-order valence-electron chi connectivity index (χ3n) is 4.69. The van der Waals surface area contributed by atoms with E-state index in [2.05, 4.69) is 15.1 Å². The maximum absolute atomic E-state index is 6.39. The number of para-hydroxylation sites is 1. The van der Waals surface area contributed by atoms with Crippen molar-refractivity contribution in [2.75, 3.05) is 0 Å². The fourth-order valence-electron chi connectivity index (χ4n) is 3.30. The van der Waals surface area contributed by atoms with Gasteiger partial charge in [-0.3, -0.25) is 0 Å². The van der Waals surface area contributed by atoms with E-state index >= 15 is 0 Å². The highest BCUT2D eigenvalue weighted by Gasteiger charge is 2.36. The molecule has 8 heteroatoms. The number of rotatable bonds is 3. The molecule has 6 nitrogen and oxygen atoms in total. The van der Waals surface area contributed by atoms with Gasteiger partial charge in [-0.25, -0.2) is 4.98 Å². The number of nitrogens with zero attached hydrogens (tertiary/aromatic N) is 3. The summed E-state index contributed by atoms with van der Waals surface area (Å²) in [7, 11) is 0. The second-order valence-corrected chi connectivity index (χ2v) is 7.47. The minimum Gasteiger partial charge on any atom is -0.448 e. The normalized spacial score (nSPS) is 16.0. The van der Waals surface area contributed by atoms with Gasteiger partial charge in [0.05, 0.1) is 15.8 Å². The molecule has 26 heavy (non-hydrogen) atoms. The molecule has 1 aliphatic rings. The number of hydrogen-bond donors (Lipinski definition) is 1. The van der Waals surface area contributed by atoms with Gasteiger partial charge in [-0.15, -0.1) is 23.7 Å². The van der Waals surface area contributed by atoms with Crippen molar-refractivity contribution in [2.24, 2.45) is 5.73 Å². The fraction of sp³-hybridized carbons (Fsp3) is 0.278. The second-order valence-electron chi connectivity index (χ2n) is 6.44. The van der Waals surface area contributed by atoms with Crippen LogP contribution in [0.4, 0.5) is 0 Å². The van der Waals surface area contributed by atoms with E-state index in [9.17, 15) is 0 Å². The van der Waals surface area contributed by atoms with Gasteiger partial charge >= 0.3 is 0 Å². The van der Waals surface area contributed by atoms with Crippen molar-refractivity contribution in [1.82, 2.24) is 15.1 Å². The summed E-state index contributed by atoms with van der Waals surface area (Å²) < 4.78 is 12.4. The van der Waals surface area contributed by atoms with Gasteiger partial charge in [0.15, 0.2) is 22.4 Å². The van der Waals surface area contributed by atoms with Crippen LogP contribution in [-0.4, -0.2) is 15.1 Å². The van der Waals surface area contributed by atoms with E-state index in [1.54, 1.807) is 11.3 Å². The molecule has 0 saturated heterocycles. The number of furan rings is 1. The van der Waals surface area contributed by atoms with Crippen molar-refractivity contribution in [2.45, 2.75) is 31.2 Å². The summed E-state index contributed by atoms with van der Waals surface area (Å²) in [5.74, 6) is 2.16. The second kappa shape index (κ2) is 6.50. The number of aromatic nitrogens is 3. The molecule has 0 aliphatic heterocycles. The molecular weight excluding hydrogens is 372 g/mol. The lowest BCUT2D eigenvalue weighted by Crippen LogP contribution is -2.34. The molecule has 3 heterocycles. The van der Waals surface area contributed by atoms with Gasteiger partial charge in [-0.2, -0.15) is 4.98 Å². The average molecular weight is 389 g/mol. The molecule has 3 aromatic heterocycles. The van der Waals surface area contributed by atoms with E-state index in [0.29, 0.717) is 23.2 Å². The van der Waals surface area contributed by atoms with Gasteiger partial charge in [0.25, 0.3) is 5.89 Å². The van der Waals surface area contributed by atoms with E-state index in [4.69, 9.17) is 14.7 Å².